The number of furan rings is 1. The van der Waals surface area contributed by atoms with Crippen molar-refractivity contribution in [2.75, 3.05) is 0 Å². The molecule has 0 spiro atoms. The summed E-state index contributed by atoms with van der Waals surface area (Å²) >= 11 is 0. The SMILES string of the molecule is Cc1cccc(S(=O)(=O)NC(Cc2ccoc2)C(=O)O)c1C. The van der Waals surface area contributed by atoms with Crippen molar-refractivity contribution in [3.63, 3.8) is 0 Å². The molecule has 0 saturated carbocycles. The molecule has 2 N–H and O–H groups in total. The Hall–Kier alpha value is -2.12. The van der Waals surface area contributed by atoms with Crippen molar-refractivity contribution in [2.45, 2.75) is 31.2 Å². The minimum Gasteiger partial charge on any atom is -0.480 e. The molecule has 118 valence electrons. The van der Waals surface area contributed by atoms with E-state index >= 15 is 0 Å². The van der Waals surface area contributed by atoms with Gasteiger partial charge in [-0.1, -0.05) is 12.1 Å². The Morgan fingerprint density at radius 3 is 2.64 bits per heavy atom. The third-order valence-electron chi connectivity index (χ3n) is 3.46. The molecule has 6 nitrogen and oxygen atoms in total. The van der Waals surface area contributed by atoms with Crippen LogP contribution in [0.5, 0.6) is 0 Å². The summed E-state index contributed by atoms with van der Waals surface area (Å²) in [6.07, 6.45) is 2.81. The molecule has 0 radical (unpaired) electrons. The Bertz CT molecular complexity index is 765. The predicted octanol–water partition coefficient (Wildman–Crippen LogP) is 1.87. The Morgan fingerprint density at radius 1 is 1.32 bits per heavy atom. The smallest absolute Gasteiger partial charge is 0.322 e. The average molecular weight is 323 g/mol. The molecule has 1 unspecified atom stereocenters. The maximum Gasteiger partial charge on any atom is 0.322 e. The van der Waals surface area contributed by atoms with Crippen molar-refractivity contribution in [1.82, 2.24) is 4.72 Å². The molecule has 1 aromatic carbocycles. The number of carboxylic acids is 1. The first kappa shape index (κ1) is 16.3. The van der Waals surface area contributed by atoms with Gasteiger partial charge < -0.3 is 9.52 Å². The lowest BCUT2D eigenvalue weighted by Crippen LogP contribution is -2.42. The summed E-state index contributed by atoms with van der Waals surface area (Å²) in [6, 6.07) is 5.23. The van der Waals surface area contributed by atoms with Gasteiger partial charge in [0.2, 0.25) is 10.0 Å². The number of hydrogen-bond acceptors (Lipinski definition) is 4. The van der Waals surface area contributed by atoms with Gasteiger partial charge in [-0.25, -0.2) is 8.42 Å². The fourth-order valence-electron chi connectivity index (χ4n) is 2.09. The van der Waals surface area contributed by atoms with E-state index in [-0.39, 0.29) is 11.3 Å². The zero-order valence-electron chi connectivity index (χ0n) is 12.2. The highest BCUT2D eigenvalue weighted by Gasteiger charge is 2.27. The van der Waals surface area contributed by atoms with Crippen LogP contribution in [0.3, 0.4) is 0 Å². The standard InChI is InChI=1S/C15H17NO5S/c1-10-4-3-5-14(11(10)2)22(19,20)16-13(15(17)18)8-12-6-7-21-9-12/h3-7,9,13,16H,8H2,1-2H3,(H,17,18). The average Bonchev–Trinajstić information content (AvgIpc) is 2.93. The first-order valence-corrected chi connectivity index (χ1v) is 8.12. The van der Waals surface area contributed by atoms with Gasteiger partial charge in [0.1, 0.15) is 6.04 Å². The molecular formula is C15H17NO5S. The van der Waals surface area contributed by atoms with Crippen LogP contribution in [0.4, 0.5) is 0 Å². The maximum atomic E-state index is 12.5. The Morgan fingerprint density at radius 2 is 2.05 bits per heavy atom. The third kappa shape index (κ3) is 3.55. The topological polar surface area (TPSA) is 96.6 Å². The van der Waals surface area contributed by atoms with Crippen LogP contribution >= 0.6 is 0 Å². The van der Waals surface area contributed by atoms with E-state index in [2.05, 4.69) is 4.72 Å². The molecule has 0 aliphatic rings. The lowest BCUT2D eigenvalue weighted by molar-refractivity contribution is -0.138. The van der Waals surface area contributed by atoms with Gasteiger partial charge in [0.15, 0.2) is 0 Å². The number of sulfonamides is 1. The summed E-state index contributed by atoms with van der Waals surface area (Å²) in [6.45, 7) is 3.49. The van der Waals surface area contributed by atoms with Gasteiger partial charge in [0.25, 0.3) is 0 Å². The molecule has 0 aliphatic carbocycles. The molecule has 22 heavy (non-hydrogen) atoms. The van der Waals surface area contributed by atoms with Crippen LogP contribution in [-0.2, 0) is 21.2 Å². The molecule has 0 amide bonds. The largest absolute Gasteiger partial charge is 0.480 e. The summed E-state index contributed by atoms with van der Waals surface area (Å²) in [5.74, 6) is -1.24. The molecule has 1 heterocycles. The van der Waals surface area contributed by atoms with E-state index in [0.717, 1.165) is 5.56 Å². The first-order chi connectivity index (χ1) is 10.3. The summed E-state index contributed by atoms with van der Waals surface area (Å²) in [7, 11) is -3.92. The van der Waals surface area contributed by atoms with Gasteiger partial charge in [-0.05, 0) is 42.7 Å². The van der Waals surface area contributed by atoms with Crippen molar-refractivity contribution in [3.8, 4) is 0 Å². The van der Waals surface area contributed by atoms with Crippen molar-refractivity contribution >= 4 is 16.0 Å². The van der Waals surface area contributed by atoms with Crippen LogP contribution in [0.25, 0.3) is 0 Å². The molecule has 1 aromatic heterocycles. The number of carboxylic acid groups (broad SMARTS) is 1. The number of nitrogens with one attached hydrogen (secondary N) is 1. The third-order valence-corrected chi connectivity index (χ3v) is 5.08. The molecule has 0 bridgehead atoms. The van der Waals surface area contributed by atoms with E-state index in [1.807, 2.05) is 0 Å². The van der Waals surface area contributed by atoms with E-state index < -0.39 is 22.0 Å². The van der Waals surface area contributed by atoms with Crippen LogP contribution in [0.1, 0.15) is 16.7 Å². The van der Waals surface area contributed by atoms with Gasteiger partial charge >= 0.3 is 5.97 Å². The van der Waals surface area contributed by atoms with E-state index in [1.165, 1.54) is 18.6 Å². The van der Waals surface area contributed by atoms with Crippen LogP contribution in [-0.4, -0.2) is 25.5 Å². The van der Waals surface area contributed by atoms with Crippen LogP contribution < -0.4 is 4.72 Å². The van der Waals surface area contributed by atoms with Gasteiger partial charge in [-0.3, -0.25) is 4.79 Å². The number of benzene rings is 1. The zero-order chi connectivity index (χ0) is 16.3. The van der Waals surface area contributed by atoms with E-state index in [9.17, 15) is 18.3 Å². The predicted molar refractivity (Wildman–Crippen MR) is 80.1 cm³/mol. The normalized spacial score (nSPS) is 13.0. The fraction of sp³-hybridized carbons (Fsp3) is 0.267. The first-order valence-electron chi connectivity index (χ1n) is 6.63. The van der Waals surface area contributed by atoms with Crippen LogP contribution in [0.2, 0.25) is 0 Å². The number of rotatable bonds is 6. The van der Waals surface area contributed by atoms with E-state index in [0.29, 0.717) is 11.1 Å². The highest BCUT2D eigenvalue weighted by Crippen LogP contribution is 2.19. The van der Waals surface area contributed by atoms with Crippen molar-refractivity contribution < 1.29 is 22.7 Å². The molecule has 1 atom stereocenters. The second-order valence-electron chi connectivity index (χ2n) is 5.05. The molecule has 0 fully saturated rings. The summed E-state index contributed by atoms with van der Waals surface area (Å²) in [5, 5.41) is 9.25. The van der Waals surface area contributed by atoms with E-state index in [1.54, 1.807) is 32.0 Å². The number of hydrogen-bond donors (Lipinski definition) is 2. The number of aliphatic carboxylic acids is 1. The van der Waals surface area contributed by atoms with Gasteiger partial charge in [0.05, 0.1) is 17.4 Å². The Labute approximate surface area is 128 Å². The Balaban J connectivity index is 2.28. The zero-order valence-corrected chi connectivity index (χ0v) is 13.1. The molecular weight excluding hydrogens is 306 g/mol. The Kier molecular flexibility index (Phi) is 4.68. The van der Waals surface area contributed by atoms with E-state index in [4.69, 9.17) is 4.42 Å². The molecule has 2 rings (SSSR count). The summed E-state index contributed by atoms with van der Waals surface area (Å²) in [5.41, 5.74) is 2.03. The lowest BCUT2D eigenvalue weighted by atomic mass is 10.1. The fourth-order valence-corrected chi connectivity index (χ4v) is 3.60. The summed E-state index contributed by atoms with van der Waals surface area (Å²) < 4.78 is 32.0. The minimum atomic E-state index is -3.92. The van der Waals surface area contributed by atoms with Gasteiger partial charge in [-0.15, -0.1) is 0 Å². The van der Waals surface area contributed by atoms with Gasteiger partial charge in [-0.2, -0.15) is 4.72 Å². The van der Waals surface area contributed by atoms with Crippen molar-refractivity contribution in [1.29, 1.82) is 0 Å². The highest BCUT2D eigenvalue weighted by molar-refractivity contribution is 7.89. The monoisotopic (exact) mass is 323 g/mol. The molecule has 7 heteroatoms. The molecule has 0 saturated heterocycles. The molecule has 0 aliphatic heterocycles. The number of aryl methyl sites for hydroxylation is 1. The number of carbonyl (C=O) groups is 1. The van der Waals surface area contributed by atoms with Crippen molar-refractivity contribution in [2.24, 2.45) is 0 Å². The quantitative estimate of drug-likeness (QED) is 0.846. The second kappa shape index (κ2) is 6.33. The van der Waals surface area contributed by atoms with Crippen LogP contribution in [0.15, 0.2) is 46.1 Å². The van der Waals surface area contributed by atoms with Crippen LogP contribution in [0, 0.1) is 13.8 Å². The maximum absolute atomic E-state index is 12.5. The molecule has 2 aromatic rings. The van der Waals surface area contributed by atoms with Gasteiger partial charge in [0, 0.05) is 6.42 Å². The second-order valence-corrected chi connectivity index (χ2v) is 6.73. The highest BCUT2D eigenvalue weighted by atomic mass is 32.2. The summed E-state index contributed by atoms with van der Waals surface area (Å²) in [4.78, 5) is 11.4. The minimum absolute atomic E-state index is 0.00985. The lowest BCUT2D eigenvalue weighted by Gasteiger charge is -2.16. The van der Waals surface area contributed by atoms with Crippen molar-refractivity contribution in [3.05, 3.63) is 53.5 Å².